The van der Waals surface area contributed by atoms with Gasteiger partial charge >= 0.3 is 16.3 Å². The van der Waals surface area contributed by atoms with Crippen molar-refractivity contribution in [2.24, 2.45) is 11.1 Å². The van der Waals surface area contributed by atoms with Crippen molar-refractivity contribution in [1.29, 1.82) is 0 Å². The van der Waals surface area contributed by atoms with Crippen LogP contribution in [0.15, 0.2) is 39.7 Å². The number of oxime groups is 1. The predicted octanol–water partition coefficient (Wildman–Crippen LogP) is 1.74. The quantitative estimate of drug-likeness (QED) is 0.143. The third-order valence-electron chi connectivity index (χ3n) is 5.62. The van der Waals surface area contributed by atoms with Gasteiger partial charge in [0.15, 0.2) is 11.5 Å². The first kappa shape index (κ1) is 30.1. The first-order valence-electron chi connectivity index (χ1n) is 11.8. The van der Waals surface area contributed by atoms with Crippen molar-refractivity contribution < 1.29 is 36.9 Å². The third kappa shape index (κ3) is 7.16. The summed E-state index contributed by atoms with van der Waals surface area (Å²) in [4.78, 5) is 60.6. The molecule has 0 aliphatic carbocycles. The Morgan fingerprint density at radius 2 is 1.85 bits per heavy atom. The summed E-state index contributed by atoms with van der Waals surface area (Å²) in [6.45, 7) is 9.29. The van der Waals surface area contributed by atoms with E-state index in [2.05, 4.69) is 10.1 Å². The summed E-state index contributed by atoms with van der Waals surface area (Å²) in [7, 11) is -4.95. The Kier molecular flexibility index (Phi) is 8.48. The number of ketones is 1. The number of carbonyl (C=O) groups is 3. The standard InChI is InChI=1S/C24H30N4O9S2/c1-14-25-16(13-38-14)20(26-37-24(5,6)22(32)36-23(2,3)4)18(29)11-15-17(28(21(15)31)39(33,34)35)12-27-10-8-7-9-19(27)30/h7-10,13,15,17H,11-12H2,1-6H3,(H,33,34,35)/b26-20-/t15-,17+/m0/s1. The number of β-lactam (4-membered cyclic amide) rings is 1. The van der Waals surface area contributed by atoms with E-state index in [0.29, 0.717) is 5.01 Å². The average molecular weight is 583 g/mol. The average Bonchev–Trinajstić information content (AvgIpc) is 3.22. The number of rotatable bonds is 10. The highest BCUT2D eigenvalue weighted by molar-refractivity contribution is 7.84. The number of nitrogens with zero attached hydrogens (tertiary/aromatic N) is 4. The number of ether oxygens (including phenoxy) is 1. The lowest BCUT2D eigenvalue weighted by molar-refractivity contribution is -0.179. The number of aryl methyl sites for hydroxylation is 1. The molecule has 3 heterocycles. The van der Waals surface area contributed by atoms with E-state index < -0.39 is 63.1 Å². The minimum atomic E-state index is -4.95. The van der Waals surface area contributed by atoms with Gasteiger partial charge in [0.1, 0.15) is 11.3 Å². The zero-order chi connectivity index (χ0) is 29.3. The Labute approximate surface area is 229 Å². The summed E-state index contributed by atoms with van der Waals surface area (Å²) in [5.74, 6) is -3.66. The van der Waals surface area contributed by atoms with Crippen LogP contribution in [0.3, 0.4) is 0 Å². The minimum absolute atomic E-state index is 0.136. The van der Waals surface area contributed by atoms with Crippen LogP contribution in [0.2, 0.25) is 0 Å². The van der Waals surface area contributed by atoms with Crippen LogP contribution in [0.25, 0.3) is 0 Å². The number of hydrogen-bond donors (Lipinski definition) is 1. The molecular weight excluding hydrogens is 552 g/mol. The van der Waals surface area contributed by atoms with E-state index in [1.165, 1.54) is 43.5 Å². The van der Waals surface area contributed by atoms with Crippen molar-refractivity contribution >= 4 is 45.0 Å². The Hall–Kier alpha value is -3.43. The van der Waals surface area contributed by atoms with E-state index >= 15 is 0 Å². The van der Waals surface area contributed by atoms with E-state index in [1.54, 1.807) is 39.1 Å². The molecule has 0 saturated carbocycles. The van der Waals surface area contributed by atoms with Crippen LogP contribution in [0, 0.1) is 12.8 Å². The molecule has 0 radical (unpaired) electrons. The fraction of sp³-hybridized carbons (Fsp3) is 0.500. The van der Waals surface area contributed by atoms with Crippen molar-refractivity contribution in [3.05, 3.63) is 50.8 Å². The van der Waals surface area contributed by atoms with Gasteiger partial charge in [0, 0.05) is 30.6 Å². The smallest absolute Gasteiger partial charge is 0.362 e. The van der Waals surface area contributed by atoms with Crippen LogP contribution >= 0.6 is 11.3 Å². The maximum atomic E-state index is 13.4. The van der Waals surface area contributed by atoms with Gasteiger partial charge in [0.05, 0.1) is 17.0 Å². The molecule has 39 heavy (non-hydrogen) atoms. The molecule has 2 atom stereocenters. The number of aromatic nitrogens is 2. The molecule has 1 fully saturated rings. The summed E-state index contributed by atoms with van der Waals surface area (Å²) < 4.78 is 40.1. The van der Waals surface area contributed by atoms with Crippen molar-refractivity contribution in [2.45, 2.75) is 71.8 Å². The number of thiazole rings is 1. The number of pyridine rings is 1. The summed E-state index contributed by atoms with van der Waals surface area (Å²) in [6, 6.07) is 3.06. The van der Waals surface area contributed by atoms with Crippen LogP contribution < -0.4 is 5.56 Å². The van der Waals surface area contributed by atoms with Crippen LogP contribution in [0.5, 0.6) is 0 Å². The fourth-order valence-corrected chi connectivity index (χ4v) is 5.22. The highest BCUT2D eigenvalue weighted by Crippen LogP contribution is 2.33. The lowest BCUT2D eigenvalue weighted by atomic mass is 9.84. The zero-order valence-corrected chi connectivity index (χ0v) is 23.9. The molecule has 15 heteroatoms. The van der Waals surface area contributed by atoms with Gasteiger partial charge in [-0.1, -0.05) is 11.2 Å². The van der Waals surface area contributed by atoms with Gasteiger partial charge in [-0.2, -0.15) is 8.42 Å². The molecule has 0 bridgehead atoms. The van der Waals surface area contributed by atoms with E-state index in [0.717, 1.165) is 4.57 Å². The van der Waals surface area contributed by atoms with Gasteiger partial charge in [0.2, 0.25) is 11.5 Å². The number of esters is 1. The van der Waals surface area contributed by atoms with Gasteiger partial charge in [-0.25, -0.2) is 14.1 Å². The molecule has 0 aromatic carbocycles. The van der Waals surface area contributed by atoms with Gasteiger partial charge in [-0.3, -0.25) is 18.9 Å². The van der Waals surface area contributed by atoms with E-state index in [1.807, 2.05) is 0 Å². The maximum Gasteiger partial charge on any atom is 0.362 e. The predicted molar refractivity (Wildman–Crippen MR) is 140 cm³/mol. The van der Waals surface area contributed by atoms with Gasteiger partial charge in [-0.05, 0) is 47.6 Å². The summed E-state index contributed by atoms with van der Waals surface area (Å²) >= 11 is 1.23. The second-order valence-corrected chi connectivity index (χ2v) is 12.8. The highest BCUT2D eigenvalue weighted by atomic mass is 32.2. The molecule has 2 aromatic heterocycles. The molecule has 0 unspecified atom stereocenters. The molecule has 3 rings (SSSR count). The summed E-state index contributed by atoms with van der Waals surface area (Å²) in [5, 5.41) is 6.07. The highest BCUT2D eigenvalue weighted by Gasteiger charge is 2.54. The van der Waals surface area contributed by atoms with Gasteiger partial charge in [0.25, 0.3) is 5.56 Å². The molecular formula is C24H30N4O9S2. The van der Waals surface area contributed by atoms with Crippen LogP contribution in [0.1, 0.15) is 51.7 Å². The SMILES string of the molecule is Cc1nc(/C(=N/OC(C)(C)C(=O)OC(C)(C)C)C(=O)C[C@@H]2C(=O)N(S(=O)(=O)O)[C@@H]2Cn2ccccc2=O)cs1. The molecule has 212 valence electrons. The van der Waals surface area contributed by atoms with E-state index in [9.17, 15) is 32.1 Å². The Bertz CT molecular complexity index is 1470. The number of amides is 1. The second-order valence-electron chi connectivity index (χ2n) is 10.4. The summed E-state index contributed by atoms with van der Waals surface area (Å²) in [6.07, 6.45) is 0.868. The number of carbonyl (C=O) groups excluding carboxylic acids is 3. The Balaban J connectivity index is 1.90. The molecule has 1 amide bonds. The normalized spacial score (nSPS) is 18.5. The fourth-order valence-electron chi connectivity index (χ4n) is 3.70. The monoisotopic (exact) mass is 582 g/mol. The summed E-state index contributed by atoms with van der Waals surface area (Å²) in [5.41, 5.74) is -3.00. The van der Waals surface area contributed by atoms with Crippen molar-refractivity contribution in [2.75, 3.05) is 0 Å². The van der Waals surface area contributed by atoms with Crippen molar-refractivity contribution in [1.82, 2.24) is 13.9 Å². The molecule has 1 N–H and O–H groups in total. The molecule has 1 saturated heterocycles. The Morgan fingerprint density at radius 3 is 2.38 bits per heavy atom. The molecule has 0 spiro atoms. The van der Waals surface area contributed by atoms with Crippen LogP contribution in [-0.4, -0.2) is 67.4 Å². The van der Waals surface area contributed by atoms with Crippen molar-refractivity contribution in [3.63, 3.8) is 0 Å². The lowest BCUT2D eigenvalue weighted by Gasteiger charge is -2.44. The topological polar surface area (TPSA) is 175 Å². The van der Waals surface area contributed by atoms with E-state index in [-0.39, 0.29) is 22.3 Å². The number of hydrogen-bond acceptors (Lipinski definition) is 11. The second kappa shape index (κ2) is 11.0. The largest absolute Gasteiger partial charge is 0.457 e. The first-order chi connectivity index (χ1) is 17.9. The maximum absolute atomic E-state index is 13.4. The zero-order valence-electron chi connectivity index (χ0n) is 22.3. The molecule has 2 aromatic rings. The molecule has 1 aliphatic rings. The number of Topliss-reactive ketones (excluding diaryl/α,β-unsaturated/α-hetero) is 1. The van der Waals surface area contributed by atoms with Gasteiger partial charge < -0.3 is 14.1 Å². The third-order valence-corrected chi connectivity index (χ3v) is 7.34. The molecule has 1 aliphatic heterocycles. The Morgan fingerprint density at radius 1 is 1.18 bits per heavy atom. The van der Waals surface area contributed by atoms with Crippen LogP contribution in [-0.2, 0) is 40.8 Å². The van der Waals surface area contributed by atoms with Crippen molar-refractivity contribution in [3.8, 4) is 0 Å². The lowest BCUT2D eigenvalue weighted by Crippen LogP contribution is -2.65. The van der Waals surface area contributed by atoms with E-state index in [4.69, 9.17) is 9.57 Å². The minimum Gasteiger partial charge on any atom is -0.457 e. The van der Waals surface area contributed by atoms with Gasteiger partial charge in [-0.15, -0.1) is 11.3 Å². The first-order valence-corrected chi connectivity index (χ1v) is 14.1. The molecule has 13 nitrogen and oxygen atoms in total. The van der Waals surface area contributed by atoms with Crippen LogP contribution in [0.4, 0.5) is 0 Å².